The van der Waals surface area contributed by atoms with Crippen LogP contribution in [-0.4, -0.2) is 53.2 Å². The molecular weight excluding hydrogens is 290 g/mol. The number of carbonyl (C=O) groups excluding carboxylic acids is 1. The zero-order valence-electron chi connectivity index (χ0n) is 14.8. The van der Waals surface area contributed by atoms with Gasteiger partial charge in [-0.05, 0) is 63.8 Å². The number of amides is 1. The molecule has 1 aromatic rings. The lowest BCUT2D eigenvalue weighted by atomic mass is 9.97. The summed E-state index contributed by atoms with van der Waals surface area (Å²) in [6.45, 7) is 9.54. The molecule has 0 N–H and O–H groups in total. The van der Waals surface area contributed by atoms with Crippen molar-refractivity contribution in [1.29, 1.82) is 0 Å². The van der Waals surface area contributed by atoms with Crippen LogP contribution in [0.1, 0.15) is 39.2 Å². The predicted octanol–water partition coefficient (Wildman–Crippen LogP) is 3.16. The molecule has 0 saturated carbocycles. The molecule has 2 rings (SSSR count). The van der Waals surface area contributed by atoms with Crippen LogP contribution in [0.25, 0.3) is 0 Å². The average Bonchev–Trinajstić information content (AvgIpc) is 2.47. The lowest BCUT2D eigenvalue weighted by Gasteiger charge is -2.35. The Hall–Kier alpha value is -1.62. The third-order valence-corrected chi connectivity index (χ3v) is 4.00. The topological polar surface area (TPSA) is 45.7 Å². The smallest absolute Gasteiger partial charge is 0.410 e. The normalized spacial score (nSPS) is 19.4. The molecule has 1 aromatic heterocycles. The summed E-state index contributed by atoms with van der Waals surface area (Å²) in [5, 5.41) is 0. The van der Waals surface area contributed by atoms with Gasteiger partial charge in [-0.2, -0.15) is 0 Å². The Kier molecular flexibility index (Phi) is 5.99. The molecule has 128 valence electrons. The van der Waals surface area contributed by atoms with Crippen molar-refractivity contribution in [2.75, 3.05) is 26.7 Å². The molecule has 0 bridgehead atoms. The molecule has 5 nitrogen and oxygen atoms in total. The van der Waals surface area contributed by atoms with E-state index in [4.69, 9.17) is 4.74 Å². The summed E-state index contributed by atoms with van der Waals surface area (Å²) in [6.07, 6.45) is 5.79. The Morgan fingerprint density at radius 3 is 2.74 bits per heavy atom. The molecule has 1 saturated heterocycles. The van der Waals surface area contributed by atoms with E-state index in [0.717, 1.165) is 26.2 Å². The number of rotatable bonds is 4. The van der Waals surface area contributed by atoms with Crippen molar-refractivity contribution in [2.24, 2.45) is 5.92 Å². The van der Waals surface area contributed by atoms with E-state index in [1.54, 1.807) is 4.90 Å². The summed E-state index contributed by atoms with van der Waals surface area (Å²) in [7, 11) is 1.83. The van der Waals surface area contributed by atoms with Gasteiger partial charge >= 0.3 is 6.09 Å². The van der Waals surface area contributed by atoms with Crippen LogP contribution in [0, 0.1) is 5.92 Å². The molecule has 1 aliphatic rings. The summed E-state index contributed by atoms with van der Waals surface area (Å²) in [4.78, 5) is 20.3. The Balaban J connectivity index is 1.82. The van der Waals surface area contributed by atoms with Crippen molar-refractivity contribution in [3.8, 4) is 0 Å². The molecule has 0 spiro atoms. The van der Waals surface area contributed by atoms with Gasteiger partial charge in [0.1, 0.15) is 5.60 Å². The molecule has 2 heterocycles. The second kappa shape index (κ2) is 7.77. The van der Waals surface area contributed by atoms with Crippen LogP contribution in [0.2, 0.25) is 0 Å². The molecule has 1 atom stereocenters. The van der Waals surface area contributed by atoms with Gasteiger partial charge in [-0.25, -0.2) is 4.79 Å². The van der Waals surface area contributed by atoms with Crippen LogP contribution in [-0.2, 0) is 11.3 Å². The lowest BCUT2D eigenvalue weighted by Crippen LogP contribution is -2.42. The number of nitrogens with zero attached hydrogens (tertiary/aromatic N) is 3. The zero-order chi connectivity index (χ0) is 16.9. The van der Waals surface area contributed by atoms with Gasteiger partial charge in [0.2, 0.25) is 0 Å². The fourth-order valence-corrected chi connectivity index (χ4v) is 2.99. The van der Waals surface area contributed by atoms with E-state index in [1.807, 2.05) is 40.2 Å². The highest BCUT2D eigenvalue weighted by Gasteiger charge is 2.25. The molecular formula is C18H29N3O2. The number of pyridine rings is 1. The Morgan fingerprint density at radius 2 is 2.09 bits per heavy atom. The van der Waals surface area contributed by atoms with Gasteiger partial charge in [-0.15, -0.1) is 0 Å². The van der Waals surface area contributed by atoms with Gasteiger partial charge in [-0.3, -0.25) is 9.88 Å². The molecule has 5 heteroatoms. The van der Waals surface area contributed by atoms with E-state index >= 15 is 0 Å². The number of likely N-dealkylation sites (tertiary alicyclic amines) is 1. The minimum absolute atomic E-state index is 0.233. The number of aromatic nitrogens is 1. The van der Waals surface area contributed by atoms with Gasteiger partial charge in [0.15, 0.2) is 0 Å². The molecule has 23 heavy (non-hydrogen) atoms. The van der Waals surface area contributed by atoms with Gasteiger partial charge in [0, 0.05) is 39.1 Å². The molecule has 0 aliphatic carbocycles. The van der Waals surface area contributed by atoms with E-state index in [9.17, 15) is 4.79 Å². The summed E-state index contributed by atoms with van der Waals surface area (Å²) < 4.78 is 5.43. The molecule has 0 radical (unpaired) electrons. The van der Waals surface area contributed by atoms with E-state index in [1.165, 1.54) is 18.4 Å². The maximum Gasteiger partial charge on any atom is 0.410 e. The van der Waals surface area contributed by atoms with Crippen LogP contribution >= 0.6 is 0 Å². The van der Waals surface area contributed by atoms with E-state index in [0.29, 0.717) is 5.92 Å². The van der Waals surface area contributed by atoms with Crippen molar-refractivity contribution in [3.05, 3.63) is 30.1 Å². The summed E-state index contributed by atoms with van der Waals surface area (Å²) >= 11 is 0. The third-order valence-electron chi connectivity index (χ3n) is 4.00. The van der Waals surface area contributed by atoms with Gasteiger partial charge < -0.3 is 9.64 Å². The first-order valence-electron chi connectivity index (χ1n) is 8.39. The summed E-state index contributed by atoms with van der Waals surface area (Å²) in [5.41, 5.74) is 0.854. The van der Waals surface area contributed by atoms with Crippen molar-refractivity contribution < 1.29 is 9.53 Å². The largest absolute Gasteiger partial charge is 0.444 e. The van der Waals surface area contributed by atoms with Crippen molar-refractivity contribution in [1.82, 2.24) is 14.8 Å². The first kappa shape index (κ1) is 17.7. The molecule has 0 unspecified atom stereocenters. The van der Waals surface area contributed by atoms with Crippen LogP contribution in [0.4, 0.5) is 4.79 Å². The second-order valence-corrected chi connectivity index (χ2v) is 7.46. The second-order valence-electron chi connectivity index (χ2n) is 7.46. The third kappa shape index (κ3) is 6.18. The highest BCUT2D eigenvalue weighted by Crippen LogP contribution is 2.20. The standard InChI is InChI=1S/C18H29N3O2/c1-18(2,3)23-17(22)20(4)12-16-6-5-11-21(14-16)13-15-7-9-19-10-8-15/h7-10,16H,5-6,11-14H2,1-4H3/t16-/m1/s1. The monoisotopic (exact) mass is 319 g/mol. The van der Waals surface area contributed by atoms with Gasteiger partial charge in [0.25, 0.3) is 0 Å². The average molecular weight is 319 g/mol. The Bertz CT molecular complexity index is 499. The molecule has 1 amide bonds. The molecule has 1 aliphatic heterocycles. The van der Waals surface area contributed by atoms with Crippen LogP contribution in [0.3, 0.4) is 0 Å². The van der Waals surface area contributed by atoms with E-state index in [-0.39, 0.29) is 6.09 Å². The highest BCUT2D eigenvalue weighted by atomic mass is 16.6. The lowest BCUT2D eigenvalue weighted by molar-refractivity contribution is 0.0241. The maximum atomic E-state index is 12.1. The SMILES string of the molecule is CN(C[C@H]1CCCN(Cc2ccncc2)C1)C(=O)OC(C)(C)C. The summed E-state index contributed by atoms with van der Waals surface area (Å²) in [6, 6.07) is 4.13. The fourth-order valence-electron chi connectivity index (χ4n) is 2.99. The van der Waals surface area contributed by atoms with Gasteiger partial charge in [-0.1, -0.05) is 0 Å². The number of carbonyl (C=O) groups is 1. The number of hydrogen-bond donors (Lipinski definition) is 0. The molecule has 0 aromatic carbocycles. The quantitative estimate of drug-likeness (QED) is 0.855. The van der Waals surface area contributed by atoms with Gasteiger partial charge in [0.05, 0.1) is 0 Å². The van der Waals surface area contributed by atoms with E-state index < -0.39 is 5.60 Å². The summed E-state index contributed by atoms with van der Waals surface area (Å²) in [5.74, 6) is 0.503. The maximum absolute atomic E-state index is 12.1. The van der Waals surface area contributed by atoms with Crippen molar-refractivity contribution >= 4 is 6.09 Å². The Labute approximate surface area is 139 Å². The minimum atomic E-state index is -0.439. The number of ether oxygens (including phenoxy) is 1. The van der Waals surface area contributed by atoms with E-state index in [2.05, 4.69) is 22.0 Å². The number of piperidine rings is 1. The fraction of sp³-hybridized carbons (Fsp3) is 0.667. The minimum Gasteiger partial charge on any atom is -0.444 e. The first-order valence-corrected chi connectivity index (χ1v) is 8.39. The number of hydrogen-bond acceptors (Lipinski definition) is 4. The molecule has 1 fully saturated rings. The zero-order valence-corrected chi connectivity index (χ0v) is 14.8. The van der Waals surface area contributed by atoms with Crippen molar-refractivity contribution in [2.45, 2.75) is 45.8 Å². The van der Waals surface area contributed by atoms with Crippen LogP contribution in [0.5, 0.6) is 0 Å². The first-order chi connectivity index (χ1) is 10.8. The predicted molar refractivity (Wildman–Crippen MR) is 91.1 cm³/mol. The van der Waals surface area contributed by atoms with Crippen LogP contribution in [0.15, 0.2) is 24.5 Å². The van der Waals surface area contributed by atoms with Crippen LogP contribution < -0.4 is 0 Å². The van der Waals surface area contributed by atoms with Crippen molar-refractivity contribution in [3.63, 3.8) is 0 Å². The Morgan fingerprint density at radius 1 is 1.39 bits per heavy atom. The highest BCUT2D eigenvalue weighted by molar-refractivity contribution is 5.67.